The van der Waals surface area contributed by atoms with Crippen molar-refractivity contribution in [3.63, 3.8) is 0 Å². The van der Waals surface area contributed by atoms with Crippen LogP contribution < -0.4 is 15.4 Å². The van der Waals surface area contributed by atoms with Crippen LogP contribution in [0.25, 0.3) is 0 Å². The van der Waals surface area contributed by atoms with Gasteiger partial charge < -0.3 is 20.3 Å². The second-order valence-electron chi connectivity index (χ2n) is 6.05. The van der Waals surface area contributed by atoms with Crippen molar-refractivity contribution in [2.45, 2.75) is 13.2 Å². The van der Waals surface area contributed by atoms with E-state index in [0.717, 1.165) is 11.6 Å². The average molecular weight is 430 g/mol. The molecule has 0 aliphatic rings. The summed E-state index contributed by atoms with van der Waals surface area (Å²) in [5.74, 6) is -4.91. The first kappa shape index (κ1) is 22.9. The zero-order valence-electron chi connectivity index (χ0n) is 16.1. The third kappa shape index (κ3) is 6.33. The van der Waals surface area contributed by atoms with Gasteiger partial charge in [0.2, 0.25) is 5.91 Å². The van der Waals surface area contributed by atoms with Crippen LogP contribution in [0.1, 0.15) is 5.56 Å². The lowest BCUT2D eigenvalue weighted by atomic mass is 10.2. The van der Waals surface area contributed by atoms with Gasteiger partial charge in [0.15, 0.2) is 23.4 Å². The molecule has 0 aliphatic heterocycles. The number of amides is 1. The van der Waals surface area contributed by atoms with Crippen molar-refractivity contribution in [2.24, 2.45) is 4.99 Å². The van der Waals surface area contributed by atoms with E-state index < -0.39 is 35.7 Å². The molecule has 0 saturated carbocycles. The standard InChI is InChI=1S/C19H19F5N4O2/c1-25-19(28(2)10-11-3-5-12(6-4-11)30-18(23)24)26-9-15(29)27-14-8-7-13(20)16(21)17(14)22/h3-8,18H,9-10H2,1-2H3,(H,25,26)(H,27,29). The third-order valence-electron chi connectivity index (χ3n) is 3.86. The lowest BCUT2D eigenvalue weighted by Gasteiger charge is -2.22. The van der Waals surface area contributed by atoms with Crippen molar-refractivity contribution in [1.29, 1.82) is 0 Å². The maximum Gasteiger partial charge on any atom is 0.387 e. The van der Waals surface area contributed by atoms with E-state index in [9.17, 15) is 26.7 Å². The highest BCUT2D eigenvalue weighted by Gasteiger charge is 2.16. The van der Waals surface area contributed by atoms with Crippen LogP contribution in [0.3, 0.4) is 0 Å². The molecule has 2 N–H and O–H groups in total. The van der Waals surface area contributed by atoms with Crippen LogP contribution in [0.2, 0.25) is 0 Å². The van der Waals surface area contributed by atoms with Crippen molar-refractivity contribution in [1.82, 2.24) is 10.2 Å². The monoisotopic (exact) mass is 430 g/mol. The first-order valence-corrected chi connectivity index (χ1v) is 8.60. The number of rotatable bonds is 7. The van der Waals surface area contributed by atoms with E-state index in [-0.39, 0.29) is 12.3 Å². The molecular weight excluding hydrogens is 411 g/mol. The molecule has 0 saturated heterocycles. The summed E-state index contributed by atoms with van der Waals surface area (Å²) in [7, 11) is 3.15. The predicted octanol–water partition coefficient (Wildman–Crippen LogP) is 3.35. The summed E-state index contributed by atoms with van der Waals surface area (Å²) >= 11 is 0. The summed E-state index contributed by atoms with van der Waals surface area (Å²) in [6.07, 6.45) is 0. The molecule has 0 heterocycles. The highest BCUT2D eigenvalue weighted by Crippen LogP contribution is 2.19. The summed E-state index contributed by atoms with van der Waals surface area (Å²) in [4.78, 5) is 17.6. The largest absolute Gasteiger partial charge is 0.435 e. The fourth-order valence-corrected chi connectivity index (χ4v) is 2.49. The summed E-state index contributed by atoms with van der Waals surface area (Å²) in [5, 5.41) is 4.88. The molecular formula is C19H19F5N4O2. The Labute approximate surface area is 169 Å². The second-order valence-corrected chi connectivity index (χ2v) is 6.05. The number of guanidine groups is 1. The van der Waals surface area contributed by atoms with Crippen molar-refractivity contribution < 1.29 is 31.5 Å². The number of alkyl halides is 2. The second kappa shape index (κ2) is 10.4. The van der Waals surface area contributed by atoms with Crippen molar-refractivity contribution >= 4 is 17.6 Å². The van der Waals surface area contributed by atoms with Crippen molar-refractivity contribution in [3.8, 4) is 5.75 Å². The Morgan fingerprint density at radius 2 is 1.77 bits per heavy atom. The molecule has 11 heteroatoms. The molecule has 1 amide bonds. The Bertz CT molecular complexity index is 907. The molecule has 0 fully saturated rings. The Kier molecular flexibility index (Phi) is 7.96. The van der Waals surface area contributed by atoms with Gasteiger partial charge in [0.05, 0.1) is 12.2 Å². The highest BCUT2D eigenvalue weighted by atomic mass is 19.3. The maximum absolute atomic E-state index is 13.6. The number of anilines is 1. The fourth-order valence-electron chi connectivity index (χ4n) is 2.49. The van der Waals surface area contributed by atoms with Gasteiger partial charge in [0.1, 0.15) is 5.75 Å². The van der Waals surface area contributed by atoms with Gasteiger partial charge in [0.25, 0.3) is 0 Å². The zero-order chi connectivity index (χ0) is 22.3. The summed E-state index contributed by atoms with van der Waals surface area (Å²) in [6.45, 7) is -2.91. The molecule has 162 valence electrons. The van der Waals surface area contributed by atoms with Crippen LogP contribution in [0.15, 0.2) is 41.4 Å². The van der Waals surface area contributed by atoms with Gasteiger partial charge >= 0.3 is 6.61 Å². The maximum atomic E-state index is 13.6. The van der Waals surface area contributed by atoms with Gasteiger partial charge in [-0.15, -0.1) is 0 Å². The number of aliphatic imine (C=N–C) groups is 1. The van der Waals surface area contributed by atoms with Gasteiger partial charge in [-0.3, -0.25) is 9.79 Å². The molecule has 30 heavy (non-hydrogen) atoms. The molecule has 0 atom stereocenters. The van der Waals surface area contributed by atoms with E-state index in [1.165, 1.54) is 19.2 Å². The number of halogens is 5. The topological polar surface area (TPSA) is 66.0 Å². The zero-order valence-corrected chi connectivity index (χ0v) is 16.1. The van der Waals surface area contributed by atoms with Gasteiger partial charge in [-0.05, 0) is 29.8 Å². The van der Waals surface area contributed by atoms with Gasteiger partial charge in [-0.25, -0.2) is 13.2 Å². The van der Waals surface area contributed by atoms with Gasteiger partial charge in [-0.2, -0.15) is 8.78 Å². The van der Waals surface area contributed by atoms with E-state index in [1.54, 1.807) is 24.1 Å². The van der Waals surface area contributed by atoms with E-state index >= 15 is 0 Å². The summed E-state index contributed by atoms with van der Waals surface area (Å²) in [6, 6.07) is 7.60. The normalized spacial score (nSPS) is 11.4. The van der Waals surface area contributed by atoms with E-state index in [4.69, 9.17) is 0 Å². The van der Waals surface area contributed by atoms with Crippen LogP contribution in [0.5, 0.6) is 5.75 Å². The Morgan fingerprint density at radius 1 is 1.10 bits per heavy atom. The Hall–Kier alpha value is -3.37. The molecule has 6 nitrogen and oxygen atoms in total. The number of benzene rings is 2. The number of carbonyl (C=O) groups is 1. The average Bonchev–Trinajstić information content (AvgIpc) is 2.70. The van der Waals surface area contributed by atoms with Crippen molar-refractivity contribution in [3.05, 3.63) is 59.4 Å². The molecule has 2 aromatic rings. The number of carbonyl (C=O) groups excluding carboxylic acids is 1. The molecule has 0 aliphatic carbocycles. The number of ether oxygens (including phenoxy) is 1. The molecule has 2 rings (SSSR count). The quantitative estimate of drug-likeness (QED) is 0.306. The number of hydrogen-bond acceptors (Lipinski definition) is 3. The lowest BCUT2D eigenvalue weighted by molar-refractivity contribution is -0.115. The molecule has 0 unspecified atom stereocenters. The third-order valence-corrected chi connectivity index (χ3v) is 3.86. The fraction of sp³-hybridized carbons (Fsp3) is 0.263. The predicted molar refractivity (Wildman–Crippen MR) is 101 cm³/mol. The minimum atomic E-state index is -2.91. The smallest absolute Gasteiger partial charge is 0.387 e. The van der Waals surface area contributed by atoms with Crippen LogP contribution in [0.4, 0.5) is 27.6 Å². The minimum Gasteiger partial charge on any atom is -0.435 e. The van der Waals surface area contributed by atoms with Crippen molar-refractivity contribution in [2.75, 3.05) is 26.0 Å². The first-order valence-electron chi connectivity index (χ1n) is 8.60. The first-order chi connectivity index (χ1) is 14.2. The number of nitrogens with zero attached hydrogens (tertiary/aromatic N) is 2. The SMILES string of the molecule is CN=C(NCC(=O)Nc1ccc(F)c(F)c1F)N(C)Cc1ccc(OC(F)F)cc1. The summed E-state index contributed by atoms with van der Waals surface area (Å²) < 4.78 is 68.4. The van der Waals surface area contributed by atoms with Crippen LogP contribution in [0, 0.1) is 17.5 Å². The van der Waals surface area contributed by atoms with Gasteiger partial charge in [-0.1, -0.05) is 12.1 Å². The van der Waals surface area contributed by atoms with Crippen LogP contribution in [-0.2, 0) is 11.3 Å². The van der Waals surface area contributed by atoms with E-state index in [1.807, 2.05) is 0 Å². The summed E-state index contributed by atoms with van der Waals surface area (Å²) in [5.41, 5.74) is 0.269. The highest BCUT2D eigenvalue weighted by molar-refractivity contribution is 5.95. The van der Waals surface area contributed by atoms with E-state index in [0.29, 0.717) is 18.6 Å². The molecule has 0 radical (unpaired) electrons. The number of nitrogens with one attached hydrogen (secondary N) is 2. The van der Waals surface area contributed by atoms with E-state index in [2.05, 4.69) is 20.4 Å². The molecule has 2 aromatic carbocycles. The molecule has 0 spiro atoms. The number of hydrogen-bond donors (Lipinski definition) is 2. The van der Waals surface area contributed by atoms with Gasteiger partial charge in [0, 0.05) is 20.6 Å². The molecule has 0 bridgehead atoms. The minimum absolute atomic E-state index is 0.0278. The Morgan fingerprint density at radius 3 is 2.37 bits per heavy atom. The molecule has 0 aromatic heterocycles. The van der Waals surface area contributed by atoms with Crippen LogP contribution >= 0.6 is 0 Å². The lowest BCUT2D eigenvalue weighted by Crippen LogP contribution is -2.42. The Balaban J connectivity index is 1.90. The van der Waals surface area contributed by atoms with Crippen LogP contribution in [-0.4, -0.2) is 44.0 Å².